The zero-order valence-corrected chi connectivity index (χ0v) is 15.9. The van der Waals surface area contributed by atoms with Gasteiger partial charge in [0.2, 0.25) is 0 Å². The SMILES string of the molecule is Cc1cc([C@@]2(C)CCCNC2)n2nc(C3CCC(C(F)(F)F)CC3)cc2n1. The first-order valence-electron chi connectivity index (χ1n) is 9.91. The molecule has 4 nitrogen and oxygen atoms in total. The lowest BCUT2D eigenvalue weighted by Gasteiger charge is -2.34. The summed E-state index contributed by atoms with van der Waals surface area (Å²) < 4.78 is 40.8. The molecule has 0 radical (unpaired) electrons. The van der Waals surface area contributed by atoms with E-state index in [1.807, 2.05) is 17.5 Å². The molecule has 2 fully saturated rings. The number of aromatic nitrogens is 3. The number of piperidine rings is 1. The van der Waals surface area contributed by atoms with E-state index in [9.17, 15) is 13.2 Å². The van der Waals surface area contributed by atoms with Gasteiger partial charge in [-0.2, -0.15) is 18.3 Å². The average Bonchev–Trinajstić information content (AvgIpc) is 3.04. The van der Waals surface area contributed by atoms with Crippen LogP contribution in [-0.2, 0) is 5.41 Å². The summed E-state index contributed by atoms with van der Waals surface area (Å²) in [6, 6.07) is 4.09. The highest BCUT2D eigenvalue weighted by atomic mass is 19.4. The van der Waals surface area contributed by atoms with Crippen LogP contribution in [0.1, 0.15) is 68.4 Å². The third-order valence-electron chi connectivity index (χ3n) is 6.40. The lowest BCUT2D eigenvalue weighted by molar-refractivity contribution is -0.182. The molecule has 1 saturated heterocycles. The molecule has 1 atom stereocenters. The summed E-state index contributed by atoms with van der Waals surface area (Å²) in [5, 5.41) is 8.31. The number of fused-ring (bicyclic) bond motifs is 1. The number of hydrogen-bond acceptors (Lipinski definition) is 3. The largest absolute Gasteiger partial charge is 0.391 e. The first-order valence-corrected chi connectivity index (χ1v) is 9.91. The number of hydrogen-bond donors (Lipinski definition) is 1. The smallest absolute Gasteiger partial charge is 0.316 e. The second kappa shape index (κ2) is 6.76. The summed E-state index contributed by atoms with van der Waals surface area (Å²) in [5.41, 5.74) is 3.79. The predicted molar refractivity (Wildman–Crippen MR) is 97.9 cm³/mol. The molecule has 0 spiro atoms. The molecule has 7 heteroatoms. The van der Waals surface area contributed by atoms with Crippen LogP contribution >= 0.6 is 0 Å². The molecule has 0 amide bonds. The van der Waals surface area contributed by atoms with Crippen LogP contribution in [0, 0.1) is 12.8 Å². The zero-order valence-electron chi connectivity index (χ0n) is 15.9. The molecule has 27 heavy (non-hydrogen) atoms. The number of alkyl halides is 3. The van der Waals surface area contributed by atoms with E-state index in [-0.39, 0.29) is 24.2 Å². The minimum absolute atomic E-state index is 0.0125. The molecule has 0 bridgehead atoms. The van der Waals surface area contributed by atoms with E-state index in [0.29, 0.717) is 12.8 Å². The van der Waals surface area contributed by atoms with Crippen molar-refractivity contribution in [3.05, 3.63) is 29.2 Å². The van der Waals surface area contributed by atoms with Crippen molar-refractivity contribution in [2.45, 2.75) is 69.9 Å². The van der Waals surface area contributed by atoms with Crippen molar-refractivity contribution in [1.29, 1.82) is 0 Å². The highest BCUT2D eigenvalue weighted by molar-refractivity contribution is 5.44. The maximum absolute atomic E-state index is 12.9. The van der Waals surface area contributed by atoms with Crippen LogP contribution in [0.25, 0.3) is 5.65 Å². The maximum Gasteiger partial charge on any atom is 0.391 e. The van der Waals surface area contributed by atoms with E-state index in [2.05, 4.69) is 23.3 Å². The Morgan fingerprint density at radius 1 is 1.19 bits per heavy atom. The third-order valence-corrected chi connectivity index (χ3v) is 6.40. The van der Waals surface area contributed by atoms with Crippen molar-refractivity contribution >= 4 is 5.65 Å². The van der Waals surface area contributed by atoms with E-state index in [1.54, 1.807) is 0 Å². The van der Waals surface area contributed by atoms with Gasteiger partial charge in [0.15, 0.2) is 5.65 Å². The van der Waals surface area contributed by atoms with Gasteiger partial charge in [-0.15, -0.1) is 0 Å². The fourth-order valence-electron chi connectivity index (χ4n) is 4.74. The van der Waals surface area contributed by atoms with Gasteiger partial charge in [0.1, 0.15) is 0 Å². The molecule has 0 aromatic carbocycles. The normalized spacial score (nSPS) is 30.0. The minimum Gasteiger partial charge on any atom is -0.316 e. The first kappa shape index (κ1) is 18.7. The van der Waals surface area contributed by atoms with Crippen molar-refractivity contribution in [3.8, 4) is 0 Å². The molecule has 4 rings (SSSR count). The quantitative estimate of drug-likeness (QED) is 0.833. The van der Waals surface area contributed by atoms with Crippen LogP contribution in [0.2, 0.25) is 0 Å². The van der Waals surface area contributed by atoms with E-state index in [0.717, 1.165) is 48.7 Å². The maximum atomic E-state index is 12.9. The van der Waals surface area contributed by atoms with E-state index < -0.39 is 12.1 Å². The number of rotatable bonds is 2. The second-order valence-electron chi connectivity index (χ2n) is 8.55. The number of nitrogens with one attached hydrogen (secondary N) is 1. The molecule has 2 aromatic rings. The second-order valence-corrected chi connectivity index (χ2v) is 8.55. The molecule has 1 aliphatic carbocycles. The number of halogens is 3. The molecule has 148 valence electrons. The van der Waals surface area contributed by atoms with Gasteiger partial charge in [-0.25, -0.2) is 9.50 Å². The fourth-order valence-corrected chi connectivity index (χ4v) is 4.74. The Morgan fingerprint density at radius 3 is 2.56 bits per heavy atom. The highest BCUT2D eigenvalue weighted by Crippen LogP contribution is 2.43. The van der Waals surface area contributed by atoms with Crippen molar-refractivity contribution in [3.63, 3.8) is 0 Å². The van der Waals surface area contributed by atoms with Crippen LogP contribution in [-0.4, -0.2) is 33.9 Å². The number of aryl methyl sites for hydroxylation is 1. The Balaban J connectivity index is 1.64. The molecule has 2 aromatic heterocycles. The van der Waals surface area contributed by atoms with Crippen molar-refractivity contribution in [1.82, 2.24) is 19.9 Å². The summed E-state index contributed by atoms with van der Waals surface area (Å²) in [6.07, 6.45) is -0.383. The zero-order chi connectivity index (χ0) is 19.2. The predicted octanol–water partition coefficient (Wildman–Crippen LogP) is 4.51. The Bertz CT molecular complexity index is 812. The van der Waals surface area contributed by atoms with Gasteiger partial charge in [-0.3, -0.25) is 0 Å². The standard InChI is InChI=1S/C20H27F3N4/c1-13-10-17(19(2)8-3-9-24-12-19)27-18(25-13)11-16(26-27)14-4-6-15(7-5-14)20(21,22)23/h10-11,14-15,24H,3-9,12H2,1-2H3/t14?,15?,19-/m0/s1. The molecule has 3 heterocycles. The Morgan fingerprint density at radius 2 is 1.93 bits per heavy atom. The van der Waals surface area contributed by atoms with Crippen LogP contribution < -0.4 is 5.32 Å². The third kappa shape index (κ3) is 3.58. The monoisotopic (exact) mass is 380 g/mol. The summed E-state index contributed by atoms with van der Waals surface area (Å²) in [5.74, 6) is -1.07. The van der Waals surface area contributed by atoms with Crippen LogP contribution in [0.5, 0.6) is 0 Å². The molecular formula is C20H27F3N4. The van der Waals surface area contributed by atoms with Crippen molar-refractivity contribution in [2.75, 3.05) is 13.1 Å². The molecule has 1 saturated carbocycles. The molecule has 1 N–H and O–H groups in total. The van der Waals surface area contributed by atoms with Crippen LogP contribution in [0.15, 0.2) is 12.1 Å². The molecule has 1 aliphatic heterocycles. The van der Waals surface area contributed by atoms with Crippen LogP contribution in [0.3, 0.4) is 0 Å². The first-order chi connectivity index (χ1) is 12.8. The molecular weight excluding hydrogens is 353 g/mol. The van der Waals surface area contributed by atoms with E-state index >= 15 is 0 Å². The van der Waals surface area contributed by atoms with Crippen LogP contribution in [0.4, 0.5) is 13.2 Å². The Hall–Kier alpha value is -1.63. The van der Waals surface area contributed by atoms with Crippen molar-refractivity contribution < 1.29 is 13.2 Å². The average molecular weight is 380 g/mol. The van der Waals surface area contributed by atoms with Gasteiger partial charge in [0, 0.05) is 29.6 Å². The topological polar surface area (TPSA) is 42.2 Å². The fraction of sp³-hybridized carbons (Fsp3) is 0.700. The highest BCUT2D eigenvalue weighted by Gasteiger charge is 2.42. The lowest BCUT2D eigenvalue weighted by atomic mass is 9.79. The Labute approximate surface area is 157 Å². The van der Waals surface area contributed by atoms with Gasteiger partial charge in [-0.05, 0) is 58.1 Å². The summed E-state index contributed by atoms with van der Waals surface area (Å²) in [6.45, 7) is 6.18. The summed E-state index contributed by atoms with van der Waals surface area (Å²) in [4.78, 5) is 4.63. The summed E-state index contributed by atoms with van der Waals surface area (Å²) >= 11 is 0. The van der Waals surface area contributed by atoms with Gasteiger partial charge in [0.25, 0.3) is 0 Å². The number of nitrogens with zero attached hydrogens (tertiary/aromatic N) is 3. The van der Waals surface area contributed by atoms with Crippen molar-refractivity contribution in [2.24, 2.45) is 5.92 Å². The lowest BCUT2D eigenvalue weighted by Crippen LogP contribution is -2.42. The minimum atomic E-state index is -4.07. The van der Waals surface area contributed by atoms with Gasteiger partial charge < -0.3 is 5.32 Å². The molecule has 2 aliphatic rings. The van der Waals surface area contributed by atoms with Gasteiger partial charge >= 0.3 is 6.18 Å². The van der Waals surface area contributed by atoms with Gasteiger partial charge in [0.05, 0.1) is 17.3 Å². The molecule has 0 unspecified atom stereocenters. The van der Waals surface area contributed by atoms with Gasteiger partial charge in [-0.1, -0.05) is 6.92 Å². The van der Waals surface area contributed by atoms with E-state index in [1.165, 1.54) is 0 Å². The Kier molecular flexibility index (Phi) is 4.69. The summed E-state index contributed by atoms with van der Waals surface area (Å²) in [7, 11) is 0. The van der Waals surface area contributed by atoms with E-state index in [4.69, 9.17) is 5.10 Å².